The molecule has 4 rings (SSSR count). The number of nitrogens with zero attached hydrogens (tertiary/aromatic N) is 3. The van der Waals surface area contributed by atoms with Crippen LogP contribution in [0.15, 0.2) is 48.9 Å². The third-order valence-corrected chi connectivity index (χ3v) is 4.91. The third kappa shape index (κ3) is 3.12. The summed E-state index contributed by atoms with van der Waals surface area (Å²) in [5.41, 5.74) is 1.92. The van der Waals surface area contributed by atoms with Gasteiger partial charge in [-0.25, -0.2) is 13.9 Å². The van der Waals surface area contributed by atoms with E-state index in [2.05, 4.69) is 15.4 Å². The largest absolute Gasteiger partial charge is 0.345 e. The Balaban J connectivity index is 1.63. The maximum atomic E-state index is 13.3. The first-order chi connectivity index (χ1) is 12.2. The second-order valence-corrected chi connectivity index (χ2v) is 6.49. The van der Waals surface area contributed by atoms with Crippen LogP contribution in [0.25, 0.3) is 5.65 Å². The standard InChI is InChI=1S/C19H19FN4O/c20-15-8-6-14(7-9-15)17(13-4-1-2-5-13)23-19(25)16-12-22-24-11-3-10-21-18(16)24/h3,6-13,17H,1-2,4-5H2,(H,23,25)/t17-/m1/s1. The fourth-order valence-electron chi connectivity index (χ4n) is 3.64. The summed E-state index contributed by atoms with van der Waals surface area (Å²) >= 11 is 0. The predicted octanol–water partition coefficient (Wildman–Crippen LogP) is 3.53. The first-order valence-corrected chi connectivity index (χ1v) is 8.57. The maximum absolute atomic E-state index is 13.3. The summed E-state index contributed by atoms with van der Waals surface area (Å²) in [5.74, 6) is -0.105. The number of fused-ring (bicyclic) bond motifs is 1. The Morgan fingerprint density at radius 1 is 1.24 bits per heavy atom. The molecule has 2 heterocycles. The molecule has 2 aromatic heterocycles. The smallest absolute Gasteiger partial charge is 0.257 e. The maximum Gasteiger partial charge on any atom is 0.257 e. The Morgan fingerprint density at radius 3 is 2.76 bits per heavy atom. The average Bonchev–Trinajstić information content (AvgIpc) is 3.30. The first-order valence-electron chi connectivity index (χ1n) is 8.57. The van der Waals surface area contributed by atoms with Crippen molar-refractivity contribution in [1.29, 1.82) is 0 Å². The Hall–Kier alpha value is -2.76. The van der Waals surface area contributed by atoms with Gasteiger partial charge in [0.25, 0.3) is 5.91 Å². The SMILES string of the molecule is O=C(N[C@@H](c1ccc(F)cc1)C1CCCC1)c1cnn2cccnc12. The number of nitrogens with one attached hydrogen (secondary N) is 1. The number of carbonyl (C=O) groups is 1. The molecule has 5 nitrogen and oxygen atoms in total. The lowest BCUT2D eigenvalue weighted by Gasteiger charge is -2.25. The van der Waals surface area contributed by atoms with Crippen LogP contribution in [0.5, 0.6) is 0 Å². The summed E-state index contributed by atoms with van der Waals surface area (Å²) in [6.45, 7) is 0. The van der Waals surface area contributed by atoms with Crippen LogP contribution < -0.4 is 5.32 Å². The molecule has 1 fully saturated rings. The number of amides is 1. The lowest BCUT2D eigenvalue weighted by atomic mass is 9.91. The van der Waals surface area contributed by atoms with Crippen molar-refractivity contribution in [2.45, 2.75) is 31.7 Å². The Kier molecular flexibility index (Phi) is 4.17. The lowest BCUT2D eigenvalue weighted by Crippen LogP contribution is -2.32. The van der Waals surface area contributed by atoms with Gasteiger partial charge in [-0.3, -0.25) is 4.79 Å². The predicted molar refractivity (Wildman–Crippen MR) is 91.6 cm³/mol. The Bertz CT molecular complexity index is 884. The number of carbonyl (C=O) groups excluding carboxylic acids is 1. The zero-order valence-corrected chi connectivity index (χ0v) is 13.7. The van der Waals surface area contributed by atoms with Crippen molar-refractivity contribution >= 4 is 11.6 Å². The molecule has 128 valence electrons. The van der Waals surface area contributed by atoms with E-state index in [1.54, 1.807) is 35.1 Å². The molecule has 1 saturated carbocycles. The van der Waals surface area contributed by atoms with Gasteiger partial charge < -0.3 is 5.32 Å². The van der Waals surface area contributed by atoms with Gasteiger partial charge in [-0.15, -0.1) is 0 Å². The highest BCUT2D eigenvalue weighted by molar-refractivity contribution is 5.99. The summed E-state index contributed by atoms with van der Waals surface area (Å²) < 4.78 is 14.9. The minimum absolute atomic E-state index is 0.130. The van der Waals surface area contributed by atoms with Crippen LogP contribution in [0, 0.1) is 11.7 Å². The number of hydrogen-bond donors (Lipinski definition) is 1. The molecule has 0 bridgehead atoms. The number of benzene rings is 1. The lowest BCUT2D eigenvalue weighted by molar-refractivity contribution is 0.0923. The van der Waals surface area contributed by atoms with E-state index in [4.69, 9.17) is 0 Å². The zero-order valence-electron chi connectivity index (χ0n) is 13.7. The molecule has 25 heavy (non-hydrogen) atoms. The molecule has 1 N–H and O–H groups in total. The van der Waals surface area contributed by atoms with E-state index in [1.807, 2.05) is 0 Å². The van der Waals surface area contributed by atoms with Crippen LogP contribution in [0.4, 0.5) is 4.39 Å². The van der Waals surface area contributed by atoms with Gasteiger partial charge in [-0.1, -0.05) is 25.0 Å². The van der Waals surface area contributed by atoms with Gasteiger partial charge in [0.2, 0.25) is 0 Å². The molecule has 1 amide bonds. The number of aromatic nitrogens is 3. The minimum Gasteiger partial charge on any atom is -0.345 e. The fourth-order valence-corrected chi connectivity index (χ4v) is 3.64. The van der Waals surface area contributed by atoms with Gasteiger partial charge >= 0.3 is 0 Å². The van der Waals surface area contributed by atoms with Crippen LogP contribution in [0.2, 0.25) is 0 Å². The van der Waals surface area contributed by atoms with Crippen molar-refractivity contribution in [3.63, 3.8) is 0 Å². The zero-order chi connectivity index (χ0) is 17.2. The van der Waals surface area contributed by atoms with Crippen molar-refractivity contribution in [2.75, 3.05) is 0 Å². The van der Waals surface area contributed by atoms with Gasteiger partial charge in [-0.05, 0) is 42.5 Å². The summed E-state index contributed by atoms with van der Waals surface area (Å²) in [4.78, 5) is 17.1. The van der Waals surface area contributed by atoms with E-state index in [1.165, 1.54) is 18.3 Å². The highest BCUT2D eigenvalue weighted by Gasteiger charge is 2.29. The quantitative estimate of drug-likeness (QED) is 0.792. The molecule has 1 aliphatic carbocycles. The molecule has 3 aromatic rings. The molecule has 0 radical (unpaired) electrons. The van der Waals surface area contributed by atoms with Crippen LogP contribution in [0.1, 0.15) is 47.6 Å². The Morgan fingerprint density at radius 2 is 2.00 bits per heavy atom. The summed E-state index contributed by atoms with van der Waals surface area (Å²) in [6, 6.07) is 8.04. The van der Waals surface area contributed by atoms with E-state index in [-0.39, 0.29) is 17.8 Å². The van der Waals surface area contributed by atoms with Crippen molar-refractivity contribution in [3.8, 4) is 0 Å². The van der Waals surface area contributed by atoms with Crippen molar-refractivity contribution in [2.24, 2.45) is 5.92 Å². The Labute approximate surface area is 144 Å². The number of rotatable bonds is 4. The van der Waals surface area contributed by atoms with E-state index < -0.39 is 0 Å². The molecule has 0 saturated heterocycles. The molecule has 1 aromatic carbocycles. The first kappa shape index (κ1) is 15.7. The number of halogens is 1. The molecular formula is C19H19FN4O. The second-order valence-electron chi connectivity index (χ2n) is 6.49. The highest BCUT2D eigenvalue weighted by atomic mass is 19.1. The topological polar surface area (TPSA) is 59.3 Å². The summed E-state index contributed by atoms with van der Waals surface area (Å²) in [6.07, 6.45) is 9.39. The van der Waals surface area contributed by atoms with Gasteiger partial charge in [-0.2, -0.15) is 5.10 Å². The average molecular weight is 338 g/mol. The summed E-state index contributed by atoms with van der Waals surface area (Å²) in [7, 11) is 0. The molecule has 0 aliphatic heterocycles. The molecule has 1 aliphatic rings. The molecule has 1 atom stereocenters. The van der Waals surface area contributed by atoms with Crippen LogP contribution >= 0.6 is 0 Å². The third-order valence-electron chi connectivity index (χ3n) is 4.91. The van der Waals surface area contributed by atoms with Crippen molar-refractivity contribution < 1.29 is 9.18 Å². The number of hydrogen-bond acceptors (Lipinski definition) is 3. The van der Waals surface area contributed by atoms with E-state index in [0.29, 0.717) is 17.1 Å². The molecule has 0 unspecified atom stereocenters. The van der Waals surface area contributed by atoms with E-state index >= 15 is 0 Å². The fraction of sp³-hybridized carbons (Fsp3) is 0.316. The second kappa shape index (κ2) is 6.63. The summed E-state index contributed by atoms with van der Waals surface area (Å²) in [5, 5.41) is 7.31. The van der Waals surface area contributed by atoms with E-state index in [9.17, 15) is 9.18 Å². The van der Waals surface area contributed by atoms with Crippen LogP contribution in [0.3, 0.4) is 0 Å². The molecular weight excluding hydrogens is 319 g/mol. The van der Waals surface area contributed by atoms with Gasteiger partial charge in [0.1, 0.15) is 11.4 Å². The monoisotopic (exact) mass is 338 g/mol. The van der Waals surface area contributed by atoms with Crippen LogP contribution in [-0.4, -0.2) is 20.5 Å². The minimum atomic E-state index is -0.271. The highest BCUT2D eigenvalue weighted by Crippen LogP contribution is 2.36. The molecule has 6 heteroatoms. The van der Waals surface area contributed by atoms with Gasteiger partial charge in [0.05, 0.1) is 12.2 Å². The molecule has 0 spiro atoms. The van der Waals surface area contributed by atoms with Crippen molar-refractivity contribution in [1.82, 2.24) is 19.9 Å². The van der Waals surface area contributed by atoms with Gasteiger partial charge in [0.15, 0.2) is 5.65 Å². The van der Waals surface area contributed by atoms with Crippen molar-refractivity contribution in [3.05, 3.63) is 65.9 Å². The normalized spacial score (nSPS) is 16.2. The van der Waals surface area contributed by atoms with Crippen LogP contribution in [-0.2, 0) is 0 Å². The van der Waals surface area contributed by atoms with E-state index in [0.717, 1.165) is 31.2 Å². The van der Waals surface area contributed by atoms with Gasteiger partial charge in [0, 0.05) is 12.4 Å².